The van der Waals surface area contributed by atoms with Crippen molar-refractivity contribution in [1.82, 2.24) is 0 Å². The summed E-state index contributed by atoms with van der Waals surface area (Å²) in [7, 11) is 1.49. The molecule has 2 aromatic rings. The zero-order valence-electron chi connectivity index (χ0n) is 12.8. The average molecular weight is 300 g/mol. The third-order valence-corrected chi connectivity index (χ3v) is 3.45. The van der Waals surface area contributed by atoms with E-state index in [-0.39, 0.29) is 5.69 Å². The predicted octanol–water partition coefficient (Wildman–Crippen LogP) is 4.17. The fourth-order valence-corrected chi connectivity index (χ4v) is 2.25. The molecule has 0 aliphatic rings. The number of hydrogen-bond acceptors (Lipinski definition) is 4. The normalized spacial score (nSPS) is 10.3. The van der Waals surface area contributed by atoms with E-state index in [1.807, 2.05) is 12.1 Å². The van der Waals surface area contributed by atoms with Crippen LogP contribution in [0.15, 0.2) is 42.5 Å². The minimum Gasteiger partial charge on any atom is -0.496 e. The number of methoxy groups -OCH3 is 1. The number of aryl methyl sites for hydroxylation is 1. The van der Waals surface area contributed by atoms with Crippen molar-refractivity contribution in [3.63, 3.8) is 0 Å². The zero-order chi connectivity index (χ0) is 15.9. The summed E-state index contributed by atoms with van der Waals surface area (Å²) in [6.07, 6.45) is 2.19. The van der Waals surface area contributed by atoms with E-state index in [0.29, 0.717) is 18.0 Å². The molecule has 0 heterocycles. The molecule has 0 unspecified atom stereocenters. The van der Waals surface area contributed by atoms with E-state index in [9.17, 15) is 10.1 Å². The van der Waals surface area contributed by atoms with Crippen LogP contribution >= 0.6 is 0 Å². The van der Waals surface area contributed by atoms with E-state index < -0.39 is 4.92 Å². The summed E-state index contributed by atoms with van der Waals surface area (Å²) in [4.78, 5) is 10.7. The maximum atomic E-state index is 11.1. The molecule has 1 N–H and O–H groups in total. The van der Waals surface area contributed by atoms with Crippen molar-refractivity contribution in [2.45, 2.75) is 26.3 Å². The first kappa shape index (κ1) is 15.8. The van der Waals surface area contributed by atoms with Crippen LogP contribution in [0.2, 0.25) is 0 Å². The van der Waals surface area contributed by atoms with E-state index in [0.717, 1.165) is 18.4 Å². The Hall–Kier alpha value is -2.56. The maximum absolute atomic E-state index is 11.1. The molecule has 0 fully saturated rings. The molecule has 0 atom stereocenters. The van der Waals surface area contributed by atoms with Crippen LogP contribution in [-0.4, -0.2) is 12.0 Å². The molecule has 0 saturated carbocycles. The summed E-state index contributed by atoms with van der Waals surface area (Å²) in [5.41, 5.74) is 2.90. The van der Waals surface area contributed by atoms with Crippen molar-refractivity contribution in [2.75, 3.05) is 12.4 Å². The molecule has 116 valence electrons. The Labute approximate surface area is 130 Å². The standard InChI is InChI=1S/C17H20N2O3/c1-3-4-13-5-7-14(8-6-13)12-18-16-10-9-15(22-2)11-17(16)19(20)21/h5-11,18H,3-4,12H2,1-2H3. The van der Waals surface area contributed by atoms with Gasteiger partial charge in [0, 0.05) is 6.54 Å². The molecule has 0 bridgehead atoms. The van der Waals surface area contributed by atoms with Crippen LogP contribution in [0.3, 0.4) is 0 Å². The molecule has 0 spiro atoms. The van der Waals surface area contributed by atoms with Gasteiger partial charge in [0.2, 0.25) is 0 Å². The second kappa shape index (κ2) is 7.45. The summed E-state index contributed by atoms with van der Waals surface area (Å²) in [6.45, 7) is 2.69. The highest BCUT2D eigenvalue weighted by molar-refractivity contribution is 5.64. The summed E-state index contributed by atoms with van der Waals surface area (Å²) >= 11 is 0. The lowest BCUT2D eigenvalue weighted by molar-refractivity contribution is -0.384. The number of nitro benzene ring substituents is 1. The number of benzene rings is 2. The first-order chi connectivity index (χ1) is 10.6. The second-order valence-corrected chi connectivity index (χ2v) is 5.06. The minimum absolute atomic E-state index is 0.0157. The molecule has 0 saturated heterocycles. The first-order valence-electron chi connectivity index (χ1n) is 7.28. The van der Waals surface area contributed by atoms with Gasteiger partial charge in [-0.2, -0.15) is 0 Å². The number of ether oxygens (including phenoxy) is 1. The zero-order valence-corrected chi connectivity index (χ0v) is 12.8. The molecule has 0 radical (unpaired) electrons. The largest absolute Gasteiger partial charge is 0.496 e. The van der Waals surface area contributed by atoms with Crippen LogP contribution in [0, 0.1) is 10.1 Å². The molecular formula is C17H20N2O3. The smallest absolute Gasteiger partial charge is 0.296 e. The lowest BCUT2D eigenvalue weighted by Gasteiger charge is -2.09. The molecule has 0 amide bonds. The summed E-state index contributed by atoms with van der Waals surface area (Å²) in [6, 6.07) is 13.1. The lowest BCUT2D eigenvalue weighted by atomic mass is 10.1. The number of nitrogens with one attached hydrogen (secondary N) is 1. The van der Waals surface area contributed by atoms with Gasteiger partial charge in [0.1, 0.15) is 11.4 Å². The van der Waals surface area contributed by atoms with E-state index in [2.05, 4.69) is 24.4 Å². The van der Waals surface area contributed by atoms with Crippen LogP contribution in [0.5, 0.6) is 5.75 Å². The van der Waals surface area contributed by atoms with Crippen LogP contribution in [0.4, 0.5) is 11.4 Å². The Morgan fingerprint density at radius 3 is 2.41 bits per heavy atom. The van der Waals surface area contributed by atoms with Gasteiger partial charge < -0.3 is 10.1 Å². The van der Waals surface area contributed by atoms with Gasteiger partial charge in [0.05, 0.1) is 18.1 Å². The molecule has 2 aromatic carbocycles. The summed E-state index contributed by atoms with van der Waals surface area (Å²) in [5, 5.41) is 14.2. The highest BCUT2D eigenvalue weighted by atomic mass is 16.6. The topological polar surface area (TPSA) is 64.4 Å². The van der Waals surface area contributed by atoms with Crippen LogP contribution in [0.1, 0.15) is 24.5 Å². The van der Waals surface area contributed by atoms with Crippen molar-refractivity contribution >= 4 is 11.4 Å². The van der Waals surface area contributed by atoms with Crippen molar-refractivity contribution in [3.8, 4) is 5.75 Å². The molecular weight excluding hydrogens is 280 g/mol. The number of hydrogen-bond donors (Lipinski definition) is 1. The fourth-order valence-electron chi connectivity index (χ4n) is 2.25. The van der Waals surface area contributed by atoms with Gasteiger partial charge in [-0.15, -0.1) is 0 Å². The van der Waals surface area contributed by atoms with Crippen molar-refractivity contribution in [3.05, 3.63) is 63.7 Å². The van der Waals surface area contributed by atoms with E-state index in [1.54, 1.807) is 12.1 Å². The van der Waals surface area contributed by atoms with Crippen molar-refractivity contribution in [2.24, 2.45) is 0 Å². The Bertz CT molecular complexity index is 639. The molecule has 0 aliphatic heterocycles. The number of anilines is 1. The summed E-state index contributed by atoms with van der Waals surface area (Å²) in [5.74, 6) is 0.473. The molecule has 22 heavy (non-hydrogen) atoms. The van der Waals surface area contributed by atoms with E-state index in [4.69, 9.17) is 4.74 Å². The van der Waals surface area contributed by atoms with Gasteiger partial charge in [-0.3, -0.25) is 10.1 Å². The molecule has 5 heteroatoms. The fraction of sp³-hybridized carbons (Fsp3) is 0.294. The molecule has 2 rings (SSSR count). The van der Waals surface area contributed by atoms with Crippen LogP contribution < -0.4 is 10.1 Å². The Morgan fingerprint density at radius 2 is 1.82 bits per heavy atom. The number of nitrogens with zero attached hydrogens (tertiary/aromatic N) is 1. The monoisotopic (exact) mass is 300 g/mol. The number of rotatable bonds is 7. The molecule has 5 nitrogen and oxygen atoms in total. The Balaban J connectivity index is 2.09. The SMILES string of the molecule is CCCc1ccc(CNc2ccc(OC)cc2[N+](=O)[O-])cc1. The van der Waals surface area contributed by atoms with Crippen LogP contribution in [-0.2, 0) is 13.0 Å². The van der Waals surface area contributed by atoms with E-state index in [1.165, 1.54) is 18.7 Å². The lowest BCUT2D eigenvalue weighted by Crippen LogP contribution is -2.03. The Kier molecular flexibility index (Phi) is 5.36. The summed E-state index contributed by atoms with van der Waals surface area (Å²) < 4.78 is 5.03. The number of nitro groups is 1. The highest BCUT2D eigenvalue weighted by Gasteiger charge is 2.14. The van der Waals surface area contributed by atoms with Gasteiger partial charge >= 0.3 is 0 Å². The van der Waals surface area contributed by atoms with Gasteiger partial charge in [0.15, 0.2) is 0 Å². The van der Waals surface area contributed by atoms with Gasteiger partial charge in [-0.1, -0.05) is 37.6 Å². The van der Waals surface area contributed by atoms with Gasteiger partial charge in [0.25, 0.3) is 5.69 Å². The van der Waals surface area contributed by atoms with Crippen molar-refractivity contribution in [1.29, 1.82) is 0 Å². The highest BCUT2D eigenvalue weighted by Crippen LogP contribution is 2.29. The molecule has 0 aromatic heterocycles. The molecule has 0 aliphatic carbocycles. The van der Waals surface area contributed by atoms with Crippen LogP contribution in [0.25, 0.3) is 0 Å². The first-order valence-corrected chi connectivity index (χ1v) is 7.28. The van der Waals surface area contributed by atoms with Gasteiger partial charge in [-0.25, -0.2) is 0 Å². The van der Waals surface area contributed by atoms with Gasteiger partial charge in [-0.05, 0) is 29.7 Å². The Morgan fingerprint density at radius 1 is 1.14 bits per heavy atom. The quantitative estimate of drug-likeness (QED) is 0.615. The third-order valence-electron chi connectivity index (χ3n) is 3.45. The average Bonchev–Trinajstić information content (AvgIpc) is 2.54. The maximum Gasteiger partial charge on any atom is 0.296 e. The second-order valence-electron chi connectivity index (χ2n) is 5.06. The third kappa shape index (κ3) is 3.97. The van der Waals surface area contributed by atoms with E-state index >= 15 is 0 Å². The minimum atomic E-state index is -0.408. The van der Waals surface area contributed by atoms with Crippen molar-refractivity contribution < 1.29 is 9.66 Å². The predicted molar refractivity (Wildman–Crippen MR) is 87.4 cm³/mol.